The van der Waals surface area contributed by atoms with Gasteiger partial charge in [-0.2, -0.15) is 5.10 Å². The van der Waals surface area contributed by atoms with Gasteiger partial charge in [0.2, 0.25) is 0 Å². The van der Waals surface area contributed by atoms with Crippen LogP contribution in [0.5, 0.6) is 0 Å². The van der Waals surface area contributed by atoms with Gasteiger partial charge in [0.25, 0.3) is 5.91 Å². The molecule has 0 aliphatic carbocycles. The van der Waals surface area contributed by atoms with Crippen LogP contribution in [0.25, 0.3) is 4.83 Å². The zero-order chi connectivity index (χ0) is 16.8. The van der Waals surface area contributed by atoms with Crippen LogP contribution >= 0.6 is 11.3 Å². The average Bonchev–Trinajstić information content (AvgIpc) is 3.25. The van der Waals surface area contributed by atoms with Crippen molar-refractivity contribution in [3.63, 3.8) is 0 Å². The van der Waals surface area contributed by atoms with Gasteiger partial charge in [-0.1, -0.05) is 0 Å². The van der Waals surface area contributed by atoms with Gasteiger partial charge in [0.1, 0.15) is 16.3 Å². The topological polar surface area (TPSA) is 55.4 Å². The van der Waals surface area contributed by atoms with Crippen molar-refractivity contribution in [3.8, 4) is 0 Å². The predicted octanol–water partition coefficient (Wildman–Crippen LogP) is 2.77. The second kappa shape index (κ2) is 5.73. The van der Waals surface area contributed by atoms with Crippen LogP contribution in [-0.2, 0) is 7.05 Å². The molecule has 6 nitrogen and oxygen atoms in total. The molecule has 1 atom stereocenters. The van der Waals surface area contributed by atoms with Crippen molar-refractivity contribution in [3.05, 3.63) is 40.5 Å². The Bertz CT molecular complexity index is 906. The van der Waals surface area contributed by atoms with Gasteiger partial charge in [0.05, 0.1) is 5.69 Å². The van der Waals surface area contributed by atoms with Crippen molar-refractivity contribution in [2.75, 3.05) is 13.1 Å². The van der Waals surface area contributed by atoms with Crippen molar-refractivity contribution >= 4 is 22.1 Å². The van der Waals surface area contributed by atoms with E-state index >= 15 is 0 Å². The molecule has 4 heterocycles. The Balaban J connectivity index is 1.63. The van der Waals surface area contributed by atoms with Gasteiger partial charge in [-0.05, 0) is 32.8 Å². The molecule has 4 rings (SSSR count). The lowest BCUT2D eigenvalue weighted by Gasteiger charge is -2.32. The maximum Gasteiger partial charge on any atom is 0.272 e. The van der Waals surface area contributed by atoms with Crippen LogP contribution in [0.2, 0.25) is 0 Å². The number of fused-ring (bicyclic) bond motifs is 1. The Kier molecular flexibility index (Phi) is 3.68. The van der Waals surface area contributed by atoms with Gasteiger partial charge in [0.15, 0.2) is 0 Å². The van der Waals surface area contributed by atoms with E-state index < -0.39 is 0 Å². The molecule has 0 radical (unpaired) electrons. The quantitative estimate of drug-likeness (QED) is 0.719. The summed E-state index contributed by atoms with van der Waals surface area (Å²) in [5.74, 6) is 1.40. The molecular formula is C17H21N5OS. The van der Waals surface area contributed by atoms with Crippen LogP contribution in [0.4, 0.5) is 0 Å². The number of aromatic nitrogens is 4. The first kappa shape index (κ1) is 15.4. The summed E-state index contributed by atoms with van der Waals surface area (Å²) in [5.41, 5.74) is 3.02. The molecule has 0 saturated carbocycles. The number of carbonyl (C=O) groups is 1. The molecular weight excluding hydrogens is 322 g/mol. The molecule has 7 heteroatoms. The average molecular weight is 343 g/mol. The fourth-order valence-corrected chi connectivity index (χ4v) is 4.75. The lowest BCUT2D eigenvalue weighted by Crippen LogP contribution is -2.40. The number of thiazole rings is 1. The fourth-order valence-electron chi connectivity index (χ4n) is 3.65. The molecule has 126 valence electrons. The molecule has 0 N–H and O–H groups in total. The molecule has 1 saturated heterocycles. The summed E-state index contributed by atoms with van der Waals surface area (Å²) in [5, 5.41) is 6.29. The fraction of sp³-hybridized carbons (Fsp3) is 0.471. The van der Waals surface area contributed by atoms with Gasteiger partial charge in [-0.15, -0.1) is 11.3 Å². The van der Waals surface area contributed by atoms with Gasteiger partial charge in [-0.3, -0.25) is 13.9 Å². The first-order chi connectivity index (χ1) is 11.6. The number of carbonyl (C=O) groups excluding carboxylic acids is 1. The summed E-state index contributed by atoms with van der Waals surface area (Å²) in [6, 6.07) is 1.79. The molecule has 1 aliphatic heterocycles. The molecule has 3 aromatic rings. The van der Waals surface area contributed by atoms with E-state index in [2.05, 4.69) is 28.7 Å². The van der Waals surface area contributed by atoms with Gasteiger partial charge in [-0.25, -0.2) is 4.98 Å². The van der Waals surface area contributed by atoms with E-state index in [-0.39, 0.29) is 5.91 Å². The number of piperidine rings is 1. The molecule has 1 aliphatic rings. The van der Waals surface area contributed by atoms with E-state index in [4.69, 9.17) is 4.98 Å². The SMILES string of the molecule is Cc1csc2c([C@H]3CCCN(C(=O)c4ccnn4C)C3)nc(C)n12. The minimum Gasteiger partial charge on any atom is -0.337 e. The zero-order valence-electron chi connectivity index (χ0n) is 14.2. The van der Waals surface area contributed by atoms with Crippen molar-refractivity contribution < 1.29 is 4.79 Å². The molecule has 0 spiro atoms. The zero-order valence-corrected chi connectivity index (χ0v) is 15.0. The molecule has 24 heavy (non-hydrogen) atoms. The second-order valence-corrected chi connectivity index (χ2v) is 7.35. The number of hydrogen-bond donors (Lipinski definition) is 0. The second-order valence-electron chi connectivity index (χ2n) is 6.49. The van der Waals surface area contributed by atoms with Gasteiger partial charge in [0, 0.05) is 43.3 Å². The Labute approximate surface area is 144 Å². The van der Waals surface area contributed by atoms with Crippen LogP contribution < -0.4 is 0 Å². The van der Waals surface area contributed by atoms with E-state index in [0.29, 0.717) is 11.6 Å². The van der Waals surface area contributed by atoms with Crippen LogP contribution in [0.15, 0.2) is 17.6 Å². The standard InChI is InChI=1S/C17H21N5OS/c1-11-10-24-17-15(19-12(2)22(11)17)13-5-4-8-21(9-13)16(23)14-6-7-18-20(14)3/h6-7,10,13H,4-5,8-9H2,1-3H3/t13-/m0/s1. The van der Waals surface area contributed by atoms with E-state index in [1.807, 2.05) is 11.9 Å². The smallest absolute Gasteiger partial charge is 0.272 e. The number of rotatable bonds is 2. The van der Waals surface area contributed by atoms with Crippen molar-refractivity contribution in [1.82, 2.24) is 24.1 Å². The number of aryl methyl sites for hydroxylation is 3. The third-order valence-corrected chi connectivity index (χ3v) is 5.93. The summed E-state index contributed by atoms with van der Waals surface area (Å²) < 4.78 is 3.87. The van der Waals surface area contributed by atoms with Crippen molar-refractivity contribution in [1.29, 1.82) is 0 Å². The minimum absolute atomic E-state index is 0.0641. The van der Waals surface area contributed by atoms with Crippen LogP contribution in [0.1, 0.15) is 46.5 Å². The monoisotopic (exact) mass is 343 g/mol. The first-order valence-corrected chi connectivity index (χ1v) is 9.14. The third-order valence-electron chi connectivity index (χ3n) is 4.86. The third kappa shape index (κ3) is 2.34. The van der Waals surface area contributed by atoms with Crippen LogP contribution in [0, 0.1) is 13.8 Å². The maximum atomic E-state index is 12.8. The highest BCUT2D eigenvalue weighted by atomic mass is 32.1. The lowest BCUT2D eigenvalue weighted by atomic mass is 9.95. The van der Waals surface area contributed by atoms with Crippen molar-refractivity contribution in [2.24, 2.45) is 7.05 Å². The molecule has 1 fully saturated rings. The molecule has 0 aromatic carbocycles. The predicted molar refractivity (Wildman–Crippen MR) is 93.6 cm³/mol. The summed E-state index contributed by atoms with van der Waals surface area (Å²) in [6.07, 6.45) is 3.76. The van der Waals surface area contributed by atoms with Gasteiger partial charge >= 0.3 is 0 Å². The van der Waals surface area contributed by atoms with E-state index in [1.165, 1.54) is 10.5 Å². The Hall–Kier alpha value is -2.15. The van der Waals surface area contributed by atoms with Gasteiger partial charge < -0.3 is 4.90 Å². The number of imidazole rings is 1. The number of nitrogens with zero attached hydrogens (tertiary/aromatic N) is 5. The number of hydrogen-bond acceptors (Lipinski definition) is 4. The summed E-state index contributed by atoms with van der Waals surface area (Å²) in [7, 11) is 1.81. The lowest BCUT2D eigenvalue weighted by molar-refractivity contribution is 0.0695. The number of likely N-dealkylation sites (tertiary alicyclic amines) is 1. The van der Waals surface area contributed by atoms with Crippen LogP contribution in [-0.4, -0.2) is 43.1 Å². The molecule has 0 bridgehead atoms. The Morgan fingerprint density at radius 3 is 2.96 bits per heavy atom. The minimum atomic E-state index is 0.0641. The van der Waals surface area contributed by atoms with Crippen LogP contribution in [0.3, 0.4) is 0 Å². The summed E-state index contributed by atoms with van der Waals surface area (Å²) in [4.78, 5) is 20.8. The number of amides is 1. The maximum absolute atomic E-state index is 12.8. The molecule has 0 unspecified atom stereocenters. The normalized spacial score (nSPS) is 18.5. The van der Waals surface area contributed by atoms with E-state index in [9.17, 15) is 4.79 Å². The van der Waals surface area contributed by atoms with E-state index in [0.717, 1.165) is 37.4 Å². The Morgan fingerprint density at radius 2 is 2.21 bits per heavy atom. The van der Waals surface area contributed by atoms with Crippen molar-refractivity contribution in [2.45, 2.75) is 32.6 Å². The highest BCUT2D eigenvalue weighted by molar-refractivity contribution is 7.15. The Morgan fingerprint density at radius 1 is 1.38 bits per heavy atom. The largest absolute Gasteiger partial charge is 0.337 e. The van der Waals surface area contributed by atoms with E-state index in [1.54, 1.807) is 28.3 Å². The molecule has 1 amide bonds. The molecule has 3 aromatic heterocycles. The highest BCUT2D eigenvalue weighted by Crippen LogP contribution is 2.33. The highest BCUT2D eigenvalue weighted by Gasteiger charge is 2.30. The first-order valence-electron chi connectivity index (χ1n) is 8.26. The summed E-state index contributed by atoms with van der Waals surface area (Å²) >= 11 is 1.75. The summed E-state index contributed by atoms with van der Waals surface area (Å²) in [6.45, 7) is 5.70.